The van der Waals surface area contributed by atoms with Crippen LogP contribution in [-0.2, 0) is 0 Å². The summed E-state index contributed by atoms with van der Waals surface area (Å²) in [5.74, 6) is -0.435. The van der Waals surface area contributed by atoms with Gasteiger partial charge in [-0.3, -0.25) is 0 Å². The Morgan fingerprint density at radius 2 is 2.29 bits per heavy atom. The lowest BCUT2D eigenvalue weighted by molar-refractivity contribution is 0.548. The standard InChI is InChI=1S/C15H14ClFN2S2/c1-2-4-12(14-5-3-6-21-14)19-13-7-9(16)10(17)8-11(13)18-15(19)20/h3,5-8,12H,2,4H2,1H3,(H,18,20). The van der Waals surface area contributed by atoms with Gasteiger partial charge < -0.3 is 9.55 Å². The van der Waals surface area contributed by atoms with Crippen molar-refractivity contribution in [2.75, 3.05) is 0 Å². The fraction of sp³-hybridized carbons (Fsp3) is 0.267. The highest BCUT2D eigenvalue weighted by molar-refractivity contribution is 7.71. The molecule has 3 aromatic rings. The van der Waals surface area contributed by atoms with Gasteiger partial charge in [0.1, 0.15) is 5.82 Å². The van der Waals surface area contributed by atoms with E-state index in [-0.39, 0.29) is 11.1 Å². The number of halogens is 2. The number of benzene rings is 1. The first-order valence-electron chi connectivity index (χ1n) is 6.74. The van der Waals surface area contributed by atoms with Crippen LogP contribution in [-0.4, -0.2) is 9.55 Å². The second kappa shape index (κ2) is 5.91. The molecule has 0 aliphatic carbocycles. The molecule has 1 atom stereocenters. The summed E-state index contributed by atoms with van der Waals surface area (Å²) in [6.07, 6.45) is 2.00. The van der Waals surface area contributed by atoms with E-state index in [9.17, 15) is 4.39 Å². The van der Waals surface area contributed by atoms with Crippen molar-refractivity contribution in [3.05, 3.63) is 50.1 Å². The molecule has 0 saturated heterocycles. The Morgan fingerprint density at radius 3 is 2.95 bits per heavy atom. The van der Waals surface area contributed by atoms with Gasteiger partial charge in [0.2, 0.25) is 0 Å². The highest BCUT2D eigenvalue weighted by atomic mass is 35.5. The lowest BCUT2D eigenvalue weighted by atomic mass is 10.1. The van der Waals surface area contributed by atoms with Crippen LogP contribution in [0.2, 0.25) is 5.02 Å². The van der Waals surface area contributed by atoms with Crippen molar-refractivity contribution >= 4 is 46.2 Å². The maximum Gasteiger partial charge on any atom is 0.178 e. The minimum Gasteiger partial charge on any atom is -0.330 e. The Morgan fingerprint density at radius 1 is 1.48 bits per heavy atom. The zero-order valence-corrected chi connectivity index (χ0v) is 13.8. The number of fused-ring (bicyclic) bond motifs is 1. The molecular formula is C15H14ClFN2S2. The van der Waals surface area contributed by atoms with Crippen molar-refractivity contribution in [3.8, 4) is 0 Å². The topological polar surface area (TPSA) is 20.7 Å². The minimum atomic E-state index is -0.435. The number of aromatic nitrogens is 2. The van der Waals surface area contributed by atoms with Crippen molar-refractivity contribution in [2.24, 2.45) is 0 Å². The molecule has 0 saturated carbocycles. The van der Waals surface area contributed by atoms with Crippen molar-refractivity contribution in [1.82, 2.24) is 9.55 Å². The van der Waals surface area contributed by atoms with Crippen LogP contribution >= 0.6 is 35.2 Å². The molecule has 6 heteroatoms. The summed E-state index contributed by atoms with van der Waals surface area (Å²) >= 11 is 13.1. The maximum absolute atomic E-state index is 13.6. The van der Waals surface area contributed by atoms with Crippen LogP contribution in [0.3, 0.4) is 0 Å². The number of hydrogen-bond donors (Lipinski definition) is 1. The predicted molar refractivity (Wildman–Crippen MR) is 89.5 cm³/mol. The maximum atomic E-state index is 13.6. The normalized spacial score (nSPS) is 12.9. The number of aromatic amines is 1. The summed E-state index contributed by atoms with van der Waals surface area (Å²) in [5, 5.41) is 2.18. The van der Waals surface area contributed by atoms with E-state index >= 15 is 0 Å². The van der Waals surface area contributed by atoms with E-state index in [0.717, 1.165) is 18.4 Å². The molecule has 0 fully saturated rings. The molecular weight excluding hydrogens is 327 g/mol. The average molecular weight is 341 g/mol. The van der Waals surface area contributed by atoms with E-state index in [2.05, 4.69) is 23.4 Å². The van der Waals surface area contributed by atoms with Crippen molar-refractivity contribution in [3.63, 3.8) is 0 Å². The lowest BCUT2D eigenvalue weighted by Gasteiger charge is -2.17. The number of imidazole rings is 1. The van der Waals surface area contributed by atoms with Gasteiger partial charge in [-0.05, 0) is 36.2 Å². The van der Waals surface area contributed by atoms with Crippen LogP contribution in [0.4, 0.5) is 4.39 Å². The molecule has 1 N–H and O–H groups in total. The quantitative estimate of drug-likeness (QED) is 0.582. The average Bonchev–Trinajstić information content (AvgIpc) is 3.06. The molecule has 110 valence electrons. The fourth-order valence-corrected chi connectivity index (χ4v) is 3.93. The number of rotatable bonds is 4. The number of H-pyrrole nitrogens is 1. The Kier molecular flexibility index (Phi) is 4.15. The monoisotopic (exact) mass is 340 g/mol. The summed E-state index contributed by atoms with van der Waals surface area (Å²) in [4.78, 5) is 4.32. The van der Waals surface area contributed by atoms with E-state index in [4.69, 9.17) is 23.8 Å². The van der Waals surface area contributed by atoms with Crippen LogP contribution in [0.25, 0.3) is 11.0 Å². The molecule has 0 aliphatic rings. The molecule has 0 aliphatic heterocycles. The van der Waals surface area contributed by atoms with Gasteiger partial charge in [0.25, 0.3) is 0 Å². The summed E-state index contributed by atoms with van der Waals surface area (Å²) in [6, 6.07) is 7.35. The first kappa shape index (κ1) is 14.8. The molecule has 0 spiro atoms. The zero-order chi connectivity index (χ0) is 15.0. The SMILES string of the molecule is CCCC(c1cccs1)n1c(=S)[nH]c2cc(F)c(Cl)cc21. The fourth-order valence-electron chi connectivity index (χ4n) is 2.58. The highest BCUT2D eigenvalue weighted by Crippen LogP contribution is 2.32. The van der Waals surface area contributed by atoms with E-state index < -0.39 is 5.82 Å². The summed E-state index contributed by atoms with van der Waals surface area (Å²) in [7, 11) is 0. The van der Waals surface area contributed by atoms with Gasteiger partial charge in [-0.15, -0.1) is 11.3 Å². The third kappa shape index (κ3) is 2.65. The predicted octanol–water partition coefficient (Wildman–Crippen LogP) is 5.94. The number of nitrogens with one attached hydrogen (secondary N) is 1. The largest absolute Gasteiger partial charge is 0.330 e. The van der Waals surface area contributed by atoms with Gasteiger partial charge in [0.05, 0.1) is 22.1 Å². The molecule has 2 heterocycles. The van der Waals surface area contributed by atoms with Crippen molar-refractivity contribution < 1.29 is 4.39 Å². The first-order chi connectivity index (χ1) is 10.1. The minimum absolute atomic E-state index is 0.117. The van der Waals surface area contributed by atoms with Gasteiger partial charge in [0, 0.05) is 10.9 Å². The summed E-state index contributed by atoms with van der Waals surface area (Å²) in [6.45, 7) is 2.14. The van der Waals surface area contributed by atoms with Gasteiger partial charge >= 0.3 is 0 Å². The van der Waals surface area contributed by atoms with Crippen LogP contribution < -0.4 is 0 Å². The molecule has 0 amide bonds. The number of thiophene rings is 1. The molecule has 1 unspecified atom stereocenters. The van der Waals surface area contributed by atoms with Crippen molar-refractivity contribution in [2.45, 2.75) is 25.8 Å². The molecule has 3 rings (SSSR count). The summed E-state index contributed by atoms with van der Waals surface area (Å²) in [5.41, 5.74) is 1.53. The summed E-state index contributed by atoms with van der Waals surface area (Å²) < 4.78 is 16.3. The Hall–Kier alpha value is -1.17. The van der Waals surface area contributed by atoms with Gasteiger partial charge in [-0.1, -0.05) is 31.0 Å². The van der Waals surface area contributed by atoms with E-state index in [0.29, 0.717) is 10.3 Å². The van der Waals surface area contributed by atoms with Crippen molar-refractivity contribution in [1.29, 1.82) is 0 Å². The van der Waals surface area contributed by atoms with Gasteiger partial charge in [-0.25, -0.2) is 4.39 Å². The molecule has 21 heavy (non-hydrogen) atoms. The van der Waals surface area contributed by atoms with Gasteiger partial charge in [-0.2, -0.15) is 0 Å². The third-order valence-electron chi connectivity index (χ3n) is 3.50. The molecule has 1 aromatic carbocycles. The third-order valence-corrected chi connectivity index (χ3v) is 5.07. The molecule has 0 bridgehead atoms. The second-order valence-corrected chi connectivity index (χ2v) is 6.68. The van der Waals surface area contributed by atoms with Crippen LogP contribution in [0.5, 0.6) is 0 Å². The Labute approximate surface area is 136 Å². The molecule has 2 aromatic heterocycles. The Bertz CT molecular complexity index is 820. The van der Waals surface area contributed by atoms with E-state index in [1.165, 1.54) is 10.9 Å². The van der Waals surface area contributed by atoms with E-state index in [1.54, 1.807) is 17.4 Å². The second-order valence-electron chi connectivity index (χ2n) is 4.90. The first-order valence-corrected chi connectivity index (χ1v) is 8.41. The molecule has 2 nitrogen and oxygen atoms in total. The lowest BCUT2D eigenvalue weighted by Crippen LogP contribution is -2.09. The smallest absolute Gasteiger partial charge is 0.178 e. The zero-order valence-electron chi connectivity index (χ0n) is 11.4. The van der Waals surface area contributed by atoms with Gasteiger partial charge in [0.15, 0.2) is 4.77 Å². The molecule has 0 radical (unpaired) electrons. The van der Waals surface area contributed by atoms with Crippen LogP contribution in [0.15, 0.2) is 29.6 Å². The van der Waals surface area contributed by atoms with E-state index in [1.807, 2.05) is 10.6 Å². The number of hydrogen-bond acceptors (Lipinski definition) is 2. The highest BCUT2D eigenvalue weighted by Gasteiger charge is 2.19. The number of nitrogens with zero attached hydrogens (tertiary/aromatic N) is 1. The van der Waals surface area contributed by atoms with Crippen LogP contribution in [0.1, 0.15) is 30.7 Å². The van der Waals surface area contributed by atoms with Crippen LogP contribution in [0, 0.1) is 10.6 Å². The Balaban J connectivity index is 2.24.